The number of carbonyl (C=O) groups is 2. The van der Waals surface area contributed by atoms with Gasteiger partial charge in [-0.15, -0.1) is 0 Å². The van der Waals surface area contributed by atoms with E-state index in [0.29, 0.717) is 5.69 Å². The first-order chi connectivity index (χ1) is 12.8. The smallest absolute Gasteiger partial charge is 0.325 e. The van der Waals surface area contributed by atoms with Gasteiger partial charge in [-0.05, 0) is 31.2 Å². The second-order valence-corrected chi connectivity index (χ2v) is 8.12. The van der Waals surface area contributed by atoms with Crippen molar-refractivity contribution >= 4 is 27.4 Å². The van der Waals surface area contributed by atoms with Crippen LogP contribution < -0.4 is 4.90 Å². The fraction of sp³-hybridized carbons (Fsp3) is 0.300. The zero-order chi connectivity index (χ0) is 20.0. The van der Waals surface area contributed by atoms with Crippen LogP contribution in [0.3, 0.4) is 0 Å². The van der Waals surface area contributed by atoms with Crippen LogP contribution in [0.2, 0.25) is 0 Å². The Balaban J connectivity index is 2.42. The van der Waals surface area contributed by atoms with Gasteiger partial charge in [0.25, 0.3) is 0 Å². The molecule has 0 saturated carbocycles. The molecule has 0 aliphatic heterocycles. The predicted octanol–water partition coefficient (Wildman–Crippen LogP) is 2.69. The van der Waals surface area contributed by atoms with Crippen molar-refractivity contribution < 1.29 is 22.7 Å². The highest BCUT2D eigenvalue weighted by Crippen LogP contribution is 2.26. The van der Waals surface area contributed by atoms with Gasteiger partial charge in [0, 0.05) is 12.7 Å². The van der Waals surface area contributed by atoms with Crippen molar-refractivity contribution in [1.29, 1.82) is 0 Å². The van der Waals surface area contributed by atoms with Crippen molar-refractivity contribution in [2.45, 2.75) is 24.0 Å². The molecular formula is C20H23NO5S. The molecule has 0 aromatic heterocycles. The second kappa shape index (κ2) is 8.81. The van der Waals surface area contributed by atoms with Gasteiger partial charge in [-0.1, -0.05) is 43.3 Å². The SMILES string of the molecule is CCOC(=O)C(C(C)C(=O)N(C)c1ccccc1)S(=O)(=O)c1ccccc1. The molecule has 0 spiro atoms. The number of anilines is 1. The third kappa shape index (κ3) is 4.54. The Bertz CT molecular complexity index is 881. The van der Waals surface area contributed by atoms with Crippen molar-refractivity contribution in [2.24, 2.45) is 5.92 Å². The molecule has 7 heteroatoms. The Kier molecular flexibility index (Phi) is 6.74. The predicted molar refractivity (Wildman–Crippen MR) is 103 cm³/mol. The molecule has 0 bridgehead atoms. The summed E-state index contributed by atoms with van der Waals surface area (Å²) in [5.41, 5.74) is 0.606. The van der Waals surface area contributed by atoms with E-state index in [4.69, 9.17) is 4.74 Å². The van der Waals surface area contributed by atoms with Gasteiger partial charge >= 0.3 is 5.97 Å². The quantitative estimate of drug-likeness (QED) is 0.680. The lowest BCUT2D eigenvalue weighted by Gasteiger charge is -2.26. The average molecular weight is 389 g/mol. The summed E-state index contributed by atoms with van der Waals surface area (Å²) >= 11 is 0. The lowest BCUT2D eigenvalue weighted by Crippen LogP contribution is -2.45. The summed E-state index contributed by atoms with van der Waals surface area (Å²) in [6.07, 6.45) is 0. The van der Waals surface area contributed by atoms with Gasteiger partial charge < -0.3 is 9.64 Å². The zero-order valence-corrected chi connectivity index (χ0v) is 16.3. The molecule has 0 aliphatic rings. The third-order valence-corrected chi connectivity index (χ3v) is 6.44. The fourth-order valence-electron chi connectivity index (χ4n) is 2.79. The van der Waals surface area contributed by atoms with Crippen LogP contribution in [0.4, 0.5) is 5.69 Å². The van der Waals surface area contributed by atoms with E-state index < -0.39 is 32.9 Å². The maximum absolute atomic E-state index is 13.1. The summed E-state index contributed by atoms with van der Waals surface area (Å²) in [5, 5.41) is -1.63. The summed E-state index contributed by atoms with van der Waals surface area (Å²) < 4.78 is 31.1. The summed E-state index contributed by atoms with van der Waals surface area (Å²) in [7, 11) is -2.56. The summed E-state index contributed by atoms with van der Waals surface area (Å²) in [4.78, 5) is 26.7. The molecule has 0 heterocycles. The van der Waals surface area contributed by atoms with E-state index in [-0.39, 0.29) is 11.5 Å². The standard InChI is InChI=1S/C20H23NO5S/c1-4-26-20(23)18(27(24,25)17-13-9-6-10-14-17)15(2)19(22)21(3)16-11-7-5-8-12-16/h5-15,18H,4H2,1-3H3. The molecule has 2 rings (SSSR count). The van der Waals surface area contributed by atoms with Crippen LogP contribution in [0.25, 0.3) is 0 Å². The van der Waals surface area contributed by atoms with Gasteiger partial charge in [0.2, 0.25) is 5.91 Å². The molecule has 2 atom stereocenters. The molecule has 0 saturated heterocycles. The minimum atomic E-state index is -4.10. The number of nitrogens with zero attached hydrogens (tertiary/aromatic N) is 1. The van der Waals surface area contributed by atoms with Gasteiger partial charge in [0.15, 0.2) is 15.1 Å². The molecule has 0 radical (unpaired) electrons. The molecule has 2 unspecified atom stereocenters. The average Bonchev–Trinajstić information content (AvgIpc) is 2.68. The largest absolute Gasteiger partial charge is 0.465 e. The highest BCUT2D eigenvalue weighted by atomic mass is 32.2. The molecule has 2 aromatic rings. The van der Waals surface area contributed by atoms with Crippen molar-refractivity contribution in [1.82, 2.24) is 0 Å². The van der Waals surface area contributed by atoms with Crippen LogP contribution in [0.5, 0.6) is 0 Å². The van der Waals surface area contributed by atoms with Crippen molar-refractivity contribution in [2.75, 3.05) is 18.6 Å². The molecule has 2 aromatic carbocycles. The Morgan fingerprint density at radius 1 is 1.00 bits per heavy atom. The summed E-state index contributed by atoms with van der Waals surface area (Å²) in [5.74, 6) is -2.54. The van der Waals surface area contributed by atoms with E-state index in [2.05, 4.69) is 0 Å². The van der Waals surface area contributed by atoms with E-state index in [1.165, 1.54) is 24.0 Å². The van der Waals surface area contributed by atoms with Crippen LogP contribution in [-0.2, 0) is 24.2 Å². The minimum Gasteiger partial charge on any atom is -0.465 e. The molecule has 0 aliphatic carbocycles. The number of esters is 1. The van der Waals surface area contributed by atoms with Crippen LogP contribution in [0.1, 0.15) is 13.8 Å². The van der Waals surface area contributed by atoms with Crippen LogP contribution in [0, 0.1) is 5.92 Å². The Labute approximate surface area is 159 Å². The Hall–Kier alpha value is -2.67. The number of rotatable bonds is 7. The molecule has 0 fully saturated rings. The molecule has 6 nitrogen and oxygen atoms in total. The van der Waals surface area contributed by atoms with Crippen molar-refractivity contribution in [3.63, 3.8) is 0 Å². The second-order valence-electron chi connectivity index (χ2n) is 6.05. The van der Waals surface area contributed by atoms with E-state index in [0.717, 1.165) is 0 Å². The Morgan fingerprint density at radius 2 is 1.52 bits per heavy atom. The highest BCUT2D eigenvalue weighted by Gasteiger charge is 2.43. The number of sulfone groups is 1. The summed E-state index contributed by atoms with van der Waals surface area (Å²) in [6, 6.07) is 16.4. The number of hydrogen-bond donors (Lipinski definition) is 0. The van der Waals surface area contributed by atoms with E-state index in [1.54, 1.807) is 56.4 Å². The molecule has 0 N–H and O–H groups in total. The van der Waals surface area contributed by atoms with Gasteiger partial charge in [0.05, 0.1) is 17.4 Å². The van der Waals surface area contributed by atoms with E-state index in [1.807, 2.05) is 6.07 Å². The molecule has 144 valence electrons. The van der Waals surface area contributed by atoms with Gasteiger partial charge in [-0.3, -0.25) is 9.59 Å². The molecule has 27 heavy (non-hydrogen) atoms. The molecular weight excluding hydrogens is 366 g/mol. The summed E-state index contributed by atoms with van der Waals surface area (Å²) in [6.45, 7) is 3.05. The van der Waals surface area contributed by atoms with Crippen LogP contribution in [-0.4, -0.2) is 39.2 Å². The number of carbonyl (C=O) groups excluding carboxylic acids is 2. The third-order valence-electron chi connectivity index (χ3n) is 4.24. The zero-order valence-electron chi connectivity index (χ0n) is 15.5. The number of para-hydroxylation sites is 1. The van der Waals surface area contributed by atoms with E-state index >= 15 is 0 Å². The fourth-order valence-corrected chi connectivity index (χ4v) is 4.60. The number of benzene rings is 2. The van der Waals surface area contributed by atoms with Gasteiger partial charge in [-0.2, -0.15) is 0 Å². The topological polar surface area (TPSA) is 80.8 Å². The van der Waals surface area contributed by atoms with Crippen LogP contribution in [0.15, 0.2) is 65.6 Å². The van der Waals surface area contributed by atoms with Gasteiger partial charge in [0.1, 0.15) is 0 Å². The first-order valence-corrected chi connectivity index (χ1v) is 10.1. The lowest BCUT2D eigenvalue weighted by molar-refractivity contribution is -0.145. The lowest BCUT2D eigenvalue weighted by atomic mass is 10.1. The van der Waals surface area contributed by atoms with Crippen molar-refractivity contribution in [3.05, 3.63) is 60.7 Å². The number of ether oxygens (including phenoxy) is 1. The minimum absolute atomic E-state index is 0.0229. The van der Waals surface area contributed by atoms with E-state index in [9.17, 15) is 18.0 Å². The first-order valence-electron chi connectivity index (χ1n) is 8.59. The normalized spacial score (nSPS) is 13.4. The monoisotopic (exact) mass is 389 g/mol. The molecule has 1 amide bonds. The maximum atomic E-state index is 13.1. The maximum Gasteiger partial charge on any atom is 0.325 e. The number of amides is 1. The van der Waals surface area contributed by atoms with Crippen LogP contribution >= 0.6 is 0 Å². The van der Waals surface area contributed by atoms with Crippen molar-refractivity contribution in [3.8, 4) is 0 Å². The van der Waals surface area contributed by atoms with Gasteiger partial charge in [-0.25, -0.2) is 8.42 Å². The first kappa shape index (κ1) is 20.6. The number of hydrogen-bond acceptors (Lipinski definition) is 5. The Morgan fingerprint density at radius 3 is 2.04 bits per heavy atom. The highest BCUT2D eigenvalue weighted by molar-refractivity contribution is 7.92.